The Bertz CT molecular complexity index is 593. The molecule has 0 aliphatic carbocycles. The van der Waals surface area contributed by atoms with E-state index < -0.39 is 10.0 Å². The maximum atomic E-state index is 12.6. The smallest absolute Gasteiger partial charge is 0.244 e. The first-order chi connectivity index (χ1) is 9.46. The van der Waals surface area contributed by atoms with Crippen LogP contribution in [0.4, 0.5) is 0 Å². The molecule has 1 fully saturated rings. The van der Waals surface area contributed by atoms with Crippen LogP contribution < -0.4 is 5.73 Å². The summed E-state index contributed by atoms with van der Waals surface area (Å²) < 4.78 is 26.7. The summed E-state index contributed by atoms with van der Waals surface area (Å²) in [6.07, 6.45) is 2.85. The van der Waals surface area contributed by atoms with E-state index in [4.69, 9.17) is 5.73 Å². The Morgan fingerprint density at radius 2 is 1.90 bits per heavy atom. The fourth-order valence-corrected chi connectivity index (χ4v) is 4.94. The van der Waals surface area contributed by atoms with Gasteiger partial charge in [0.1, 0.15) is 0 Å². The molecule has 0 unspecified atom stereocenters. The number of nitrogens with two attached hydrogens (primary N) is 1. The second kappa shape index (κ2) is 6.15. The van der Waals surface area contributed by atoms with Gasteiger partial charge in [-0.15, -0.1) is 11.8 Å². The number of carbonyl (C=O) groups excluding carboxylic acids is 1. The number of nitrogens with zero attached hydrogens (tertiary/aromatic N) is 1. The lowest BCUT2D eigenvalue weighted by Crippen LogP contribution is -2.41. The highest BCUT2D eigenvalue weighted by molar-refractivity contribution is 7.99. The van der Waals surface area contributed by atoms with E-state index in [1.165, 1.54) is 16.1 Å². The van der Waals surface area contributed by atoms with Crippen LogP contribution in [0.1, 0.15) is 12.8 Å². The van der Waals surface area contributed by atoms with Crippen LogP contribution in [0, 0.1) is 5.92 Å². The van der Waals surface area contributed by atoms with Crippen molar-refractivity contribution in [1.82, 2.24) is 4.31 Å². The molecule has 0 saturated carbocycles. The molecule has 0 bridgehead atoms. The van der Waals surface area contributed by atoms with Crippen LogP contribution in [0.3, 0.4) is 0 Å². The molecular weight excluding hydrogens is 296 g/mol. The zero-order valence-corrected chi connectivity index (χ0v) is 12.9. The standard InChI is InChI=1S/C13H18N2O3S2/c1-19-11-4-2-3-5-12(11)20(17,18)15-8-6-10(7-9-15)13(14)16/h2-5,10H,6-9H2,1H3,(H2,14,16). The van der Waals surface area contributed by atoms with Gasteiger partial charge >= 0.3 is 0 Å². The van der Waals surface area contributed by atoms with Crippen molar-refractivity contribution in [1.29, 1.82) is 0 Å². The molecule has 0 radical (unpaired) electrons. The van der Waals surface area contributed by atoms with Crippen molar-refractivity contribution in [3.8, 4) is 0 Å². The normalized spacial score (nSPS) is 18.1. The number of hydrogen-bond donors (Lipinski definition) is 1. The van der Waals surface area contributed by atoms with E-state index in [9.17, 15) is 13.2 Å². The lowest BCUT2D eigenvalue weighted by atomic mass is 9.98. The predicted octanol–water partition coefficient (Wildman–Crippen LogP) is 1.29. The number of carbonyl (C=O) groups is 1. The SMILES string of the molecule is CSc1ccccc1S(=O)(=O)N1CCC(C(N)=O)CC1. The minimum absolute atomic E-state index is 0.211. The molecule has 1 heterocycles. The average molecular weight is 314 g/mol. The highest BCUT2D eigenvalue weighted by Gasteiger charge is 2.32. The van der Waals surface area contributed by atoms with Gasteiger partial charge < -0.3 is 5.73 Å². The molecule has 1 aromatic rings. The Hall–Kier alpha value is -1.05. The number of sulfonamides is 1. The summed E-state index contributed by atoms with van der Waals surface area (Å²) in [4.78, 5) is 12.2. The van der Waals surface area contributed by atoms with Crippen molar-refractivity contribution in [2.24, 2.45) is 11.7 Å². The van der Waals surface area contributed by atoms with E-state index in [1.54, 1.807) is 18.2 Å². The molecule has 1 aliphatic heterocycles. The van der Waals surface area contributed by atoms with E-state index in [2.05, 4.69) is 0 Å². The Kier molecular flexibility index (Phi) is 4.72. The number of benzene rings is 1. The van der Waals surface area contributed by atoms with Crippen LogP contribution in [0.25, 0.3) is 0 Å². The summed E-state index contributed by atoms with van der Waals surface area (Å²) in [6.45, 7) is 0.692. The second-order valence-electron chi connectivity index (χ2n) is 4.73. The molecule has 7 heteroatoms. The van der Waals surface area contributed by atoms with Crippen molar-refractivity contribution in [3.63, 3.8) is 0 Å². The van der Waals surface area contributed by atoms with Crippen molar-refractivity contribution in [3.05, 3.63) is 24.3 Å². The fraction of sp³-hybridized carbons (Fsp3) is 0.462. The summed E-state index contributed by atoms with van der Waals surface area (Å²) in [7, 11) is -3.49. The number of primary amides is 1. The van der Waals surface area contributed by atoms with Gasteiger partial charge in [0.2, 0.25) is 15.9 Å². The van der Waals surface area contributed by atoms with E-state index in [1.807, 2.05) is 12.3 Å². The minimum Gasteiger partial charge on any atom is -0.369 e. The van der Waals surface area contributed by atoms with Gasteiger partial charge in [-0.2, -0.15) is 4.31 Å². The maximum absolute atomic E-state index is 12.6. The Balaban J connectivity index is 2.22. The maximum Gasteiger partial charge on any atom is 0.244 e. The van der Waals surface area contributed by atoms with Gasteiger partial charge in [-0.1, -0.05) is 12.1 Å². The van der Waals surface area contributed by atoms with Gasteiger partial charge in [-0.3, -0.25) is 4.79 Å². The molecule has 0 atom stereocenters. The zero-order chi connectivity index (χ0) is 14.8. The Morgan fingerprint density at radius 1 is 1.30 bits per heavy atom. The Morgan fingerprint density at radius 3 is 2.45 bits per heavy atom. The van der Waals surface area contributed by atoms with E-state index in [0.717, 1.165) is 4.90 Å². The van der Waals surface area contributed by atoms with E-state index in [-0.39, 0.29) is 11.8 Å². The van der Waals surface area contributed by atoms with Crippen LogP contribution in [0.15, 0.2) is 34.1 Å². The zero-order valence-electron chi connectivity index (χ0n) is 11.3. The van der Waals surface area contributed by atoms with Gasteiger partial charge in [-0.25, -0.2) is 8.42 Å². The molecule has 2 N–H and O–H groups in total. The highest BCUT2D eigenvalue weighted by Crippen LogP contribution is 2.29. The lowest BCUT2D eigenvalue weighted by molar-refractivity contribution is -0.122. The van der Waals surface area contributed by atoms with E-state index >= 15 is 0 Å². The van der Waals surface area contributed by atoms with Crippen LogP contribution >= 0.6 is 11.8 Å². The minimum atomic E-state index is -3.49. The number of thioether (sulfide) groups is 1. The number of amides is 1. The lowest BCUT2D eigenvalue weighted by Gasteiger charge is -2.30. The second-order valence-corrected chi connectivity index (χ2v) is 7.49. The molecule has 0 aromatic heterocycles. The third-order valence-electron chi connectivity index (χ3n) is 3.54. The number of hydrogen-bond acceptors (Lipinski definition) is 4. The Labute approximate surface area is 123 Å². The van der Waals surface area contributed by atoms with Crippen molar-refractivity contribution in [2.75, 3.05) is 19.3 Å². The largest absolute Gasteiger partial charge is 0.369 e. The highest BCUT2D eigenvalue weighted by atomic mass is 32.2. The molecular formula is C13H18N2O3S2. The quantitative estimate of drug-likeness (QED) is 0.849. The van der Waals surface area contributed by atoms with E-state index in [0.29, 0.717) is 30.8 Å². The van der Waals surface area contributed by atoms with Crippen LogP contribution in [-0.4, -0.2) is 38.0 Å². The van der Waals surface area contributed by atoms with Gasteiger partial charge in [0.05, 0.1) is 4.90 Å². The third-order valence-corrected chi connectivity index (χ3v) is 6.43. The molecule has 0 spiro atoms. The summed E-state index contributed by atoms with van der Waals surface area (Å²) in [6, 6.07) is 6.97. The fourth-order valence-electron chi connectivity index (χ4n) is 2.35. The first-order valence-corrected chi connectivity index (χ1v) is 9.05. The first kappa shape index (κ1) is 15.3. The monoisotopic (exact) mass is 314 g/mol. The van der Waals surface area contributed by atoms with Crippen LogP contribution in [0.2, 0.25) is 0 Å². The van der Waals surface area contributed by atoms with Crippen LogP contribution in [0.5, 0.6) is 0 Å². The van der Waals surface area contributed by atoms with Crippen molar-refractivity contribution < 1.29 is 13.2 Å². The summed E-state index contributed by atoms with van der Waals surface area (Å²) in [5.74, 6) is -0.552. The molecule has 20 heavy (non-hydrogen) atoms. The van der Waals surface area contributed by atoms with Gasteiger partial charge in [0.25, 0.3) is 0 Å². The van der Waals surface area contributed by atoms with Gasteiger partial charge in [0, 0.05) is 23.9 Å². The third kappa shape index (κ3) is 2.99. The molecule has 110 valence electrons. The first-order valence-electron chi connectivity index (χ1n) is 6.39. The van der Waals surface area contributed by atoms with Crippen molar-refractivity contribution >= 4 is 27.7 Å². The summed E-state index contributed by atoms with van der Waals surface area (Å²) in [5, 5.41) is 0. The molecule has 1 saturated heterocycles. The molecule has 2 rings (SSSR count). The molecule has 1 aliphatic rings. The average Bonchev–Trinajstić information content (AvgIpc) is 2.47. The topological polar surface area (TPSA) is 80.5 Å². The molecule has 1 aromatic carbocycles. The number of piperidine rings is 1. The molecule has 5 nitrogen and oxygen atoms in total. The number of rotatable bonds is 4. The summed E-state index contributed by atoms with van der Waals surface area (Å²) in [5.41, 5.74) is 5.27. The van der Waals surface area contributed by atoms with Crippen LogP contribution in [-0.2, 0) is 14.8 Å². The van der Waals surface area contributed by atoms with Gasteiger partial charge in [0.15, 0.2) is 0 Å². The van der Waals surface area contributed by atoms with Crippen molar-refractivity contribution in [2.45, 2.75) is 22.6 Å². The molecule has 1 amide bonds. The predicted molar refractivity (Wildman–Crippen MR) is 78.9 cm³/mol. The van der Waals surface area contributed by atoms with Gasteiger partial charge in [-0.05, 0) is 31.2 Å². The summed E-state index contributed by atoms with van der Waals surface area (Å²) >= 11 is 1.41.